The molecule has 0 heterocycles. The molecule has 0 aromatic heterocycles. The molecule has 27 heavy (non-hydrogen) atoms. The lowest BCUT2D eigenvalue weighted by Gasteiger charge is -2.12. The number of nitrogens with zero attached hydrogens (tertiary/aromatic N) is 1. The Labute approximate surface area is 161 Å². The molecule has 0 aliphatic carbocycles. The second-order valence-electron chi connectivity index (χ2n) is 6.05. The van der Waals surface area contributed by atoms with E-state index in [1.807, 2.05) is 37.3 Å². The minimum Gasteiger partial charge on any atom is -0.494 e. The monoisotopic (exact) mass is 389 g/mol. The van der Waals surface area contributed by atoms with Gasteiger partial charge >= 0.3 is 0 Å². The number of nitrogens with one attached hydrogen (secondary N) is 2. The average Bonchev–Trinajstić information content (AvgIpc) is 2.66. The van der Waals surface area contributed by atoms with Crippen molar-refractivity contribution >= 4 is 15.8 Å². The van der Waals surface area contributed by atoms with E-state index in [0.717, 1.165) is 36.8 Å². The van der Waals surface area contributed by atoms with Crippen LogP contribution in [0.1, 0.15) is 18.9 Å². The van der Waals surface area contributed by atoms with Crippen molar-refractivity contribution < 1.29 is 13.2 Å². The zero-order chi connectivity index (χ0) is 19.5. The van der Waals surface area contributed by atoms with Crippen molar-refractivity contribution in [3.05, 3.63) is 60.2 Å². The summed E-state index contributed by atoms with van der Waals surface area (Å²) >= 11 is 0. The Balaban J connectivity index is 1.79. The molecule has 0 unspecified atom stereocenters. The number of hydrogen-bond donors (Lipinski definition) is 2. The molecule has 0 saturated carbocycles. The number of sulfone groups is 1. The number of ether oxygens (including phenoxy) is 1. The number of guanidine groups is 1. The van der Waals surface area contributed by atoms with Gasteiger partial charge in [0, 0.05) is 19.3 Å². The number of benzene rings is 2. The van der Waals surface area contributed by atoms with Gasteiger partial charge in [-0.3, -0.25) is 0 Å². The summed E-state index contributed by atoms with van der Waals surface area (Å²) in [5.74, 6) is 1.60. The van der Waals surface area contributed by atoms with Crippen molar-refractivity contribution in [1.82, 2.24) is 10.6 Å². The predicted molar refractivity (Wildman–Crippen MR) is 109 cm³/mol. The molecular formula is C20H27N3O3S. The highest BCUT2D eigenvalue weighted by molar-refractivity contribution is 7.90. The van der Waals surface area contributed by atoms with Gasteiger partial charge in [0.05, 0.1) is 18.0 Å². The van der Waals surface area contributed by atoms with Crippen LogP contribution in [0.25, 0.3) is 0 Å². The van der Waals surface area contributed by atoms with Crippen molar-refractivity contribution in [2.24, 2.45) is 4.99 Å². The maximum absolute atomic E-state index is 11.5. The zero-order valence-corrected chi connectivity index (χ0v) is 16.6. The molecule has 0 aliphatic rings. The van der Waals surface area contributed by atoms with E-state index in [1.54, 1.807) is 24.3 Å². The van der Waals surface area contributed by atoms with E-state index in [9.17, 15) is 8.42 Å². The molecule has 0 radical (unpaired) electrons. The number of aliphatic imine (C=N–C) groups is 1. The second-order valence-corrected chi connectivity index (χ2v) is 8.07. The smallest absolute Gasteiger partial charge is 0.191 e. The first-order valence-corrected chi connectivity index (χ1v) is 10.9. The SMILES string of the molecule is CCNC(=NCc1ccc(S(C)(=O)=O)cc1)NCCCOc1ccccc1. The van der Waals surface area contributed by atoms with Crippen LogP contribution in [0.3, 0.4) is 0 Å². The van der Waals surface area contributed by atoms with Crippen LogP contribution in [0.4, 0.5) is 0 Å². The summed E-state index contributed by atoms with van der Waals surface area (Å²) in [6.45, 7) is 4.62. The fourth-order valence-electron chi connectivity index (χ4n) is 2.34. The van der Waals surface area contributed by atoms with Crippen LogP contribution in [0.15, 0.2) is 64.5 Å². The fraction of sp³-hybridized carbons (Fsp3) is 0.350. The third-order valence-corrected chi connectivity index (χ3v) is 4.87. The molecule has 2 rings (SSSR count). The van der Waals surface area contributed by atoms with Gasteiger partial charge in [0.15, 0.2) is 15.8 Å². The first-order valence-electron chi connectivity index (χ1n) is 8.98. The third kappa shape index (κ3) is 7.70. The largest absolute Gasteiger partial charge is 0.494 e. The van der Waals surface area contributed by atoms with Gasteiger partial charge in [-0.05, 0) is 43.2 Å². The summed E-state index contributed by atoms with van der Waals surface area (Å²) in [7, 11) is -3.17. The van der Waals surface area contributed by atoms with Gasteiger partial charge in [-0.25, -0.2) is 13.4 Å². The molecule has 2 aromatic rings. The Morgan fingerprint density at radius 1 is 1.04 bits per heavy atom. The maximum Gasteiger partial charge on any atom is 0.191 e. The number of para-hydroxylation sites is 1. The molecule has 0 atom stereocenters. The third-order valence-electron chi connectivity index (χ3n) is 3.74. The molecule has 0 bridgehead atoms. The van der Waals surface area contributed by atoms with E-state index >= 15 is 0 Å². The Morgan fingerprint density at radius 2 is 1.74 bits per heavy atom. The van der Waals surface area contributed by atoms with E-state index in [0.29, 0.717) is 18.0 Å². The molecule has 2 aromatic carbocycles. The molecule has 6 nitrogen and oxygen atoms in total. The van der Waals surface area contributed by atoms with Gasteiger partial charge in [0.25, 0.3) is 0 Å². The van der Waals surface area contributed by atoms with E-state index in [2.05, 4.69) is 15.6 Å². The standard InChI is InChI=1S/C20H27N3O3S/c1-3-21-20(22-14-7-15-26-18-8-5-4-6-9-18)23-16-17-10-12-19(13-11-17)27(2,24)25/h4-6,8-13H,3,7,14-16H2,1-2H3,(H2,21,22,23). The van der Waals surface area contributed by atoms with Crippen molar-refractivity contribution in [3.63, 3.8) is 0 Å². The van der Waals surface area contributed by atoms with Crippen molar-refractivity contribution in [2.75, 3.05) is 26.0 Å². The lowest BCUT2D eigenvalue weighted by Crippen LogP contribution is -2.38. The van der Waals surface area contributed by atoms with Crippen LogP contribution >= 0.6 is 0 Å². The minimum absolute atomic E-state index is 0.318. The van der Waals surface area contributed by atoms with Crippen LogP contribution < -0.4 is 15.4 Å². The second kappa shape index (κ2) is 10.6. The molecule has 0 saturated heterocycles. The quantitative estimate of drug-likeness (QED) is 0.391. The van der Waals surface area contributed by atoms with Crippen molar-refractivity contribution in [3.8, 4) is 5.75 Å². The average molecular weight is 390 g/mol. The summed E-state index contributed by atoms with van der Waals surface area (Å²) in [6, 6.07) is 16.5. The van der Waals surface area contributed by atoms with Crippen LogP contribution in [0.2, 0.25) is 0 Å². The summed E-state index contributed by atoms with van der Waals surface area (Å²) in [6.07, 6.45) is 2.05. The summed E-state index contributed by atoms with van der Waals surface area (Å²) in [4.78, 5) is 4.85. The van der Waals surface area contributed by atoms with Gasteiger partial charge in [-0.15, -0.1) is 0 Å². The summed E-state index contributed by atoms with van der Waals surface area (Å²) in [5.41, 5.74) is 0.951. The summed E-state index contributed by atoms with van der Waals surface area (Å²) < 4.78 is 28.7. The zero-order valence-electron chi connectivity index (χ0n) is 15.8. The van der Waals surface area contributed by atoms with Gasteiger partial charge in [-0.1, -0.05) is 30.3 Å². The van der Waals surface area contributed by atoms with Gasteiger partial charge in [0.1, 0.15) is 5.75 Å². The van der Waals surface area contributed by atoms with E-state index in [4.69, 9.17) is 4.74 Å². The van der Waals surface area contributed by atoms with Crippen LogP contribution in [0, 0.1) is 0 Å². The molecular weight excluding hydrogens is 362 g/mol. The number of hydrogen-bond acceptors (Lipinski definition) is 4. The first-order chi connectivity index (χ1) is 13.0. The van der Waals surface area contributed by atoms with E-state index in [1.165, 1.54) is 6.26 Å². The molecule has 7 heteroatoms. The Morgan fingerprint density at radius 3 is 2.37 bits per heavy atom. The van der Waals surface area contributed by atoms with Gasteiger partial charge in [-0.2, -0.15) is 0 Å². The highest BCUT2D eigenvalue weighted by Gasteiger charge is 2.06. The van der Waals surface area contributed by atoms with Crippen molar-refractivity contribution in [1.29, 1.82) is 0 Å². The van der Waals surface area contributed by atoms with Crippen LogP contribution in [-0.2, 0) is 16.4 Å². The number of rotatable bonds is 9. The predicted octanol–water partition coefficient (Wildman–Crippen LogP) is 2.61. The molecule has 0 spiro atoms. The Kier molecular flexibility index (Phi) is 8.13. The lowest BCUT2D eigenvalue weighted by molar-refractivity contribution is 0.311. The van der Waals surface area contributed by atoms with Gasteiger partial charge < -0.3 is 15.4 Å². The summed E-state index contributed by atoms with van der Waals surface area (Å²) in [5, 5.41) is 6.48. The molecule has 0 fully saturated rings. The molecule has 0 aliphatic heterocycles. The topological polar surface area (TPSA) is 79.8 Å². The van der Waals surface area contributed by atoms with E-state index in [-0.39, 0.29) is 0 Å². The maximum atomic E-state index is 11.5. The first kappa shape index (κ1) is 20.8. The minimum atomic E-state index is -3.17. The fourth-order valence-corrected chi connectivity index (χ4v) is 2.97. The lowest BCUT2D eigenvalue weighted by atomic mass is 10.2. The molecule has 0 amide bonds. The molecule has 2 N–H and O–H groups in total. The Hall–Kier alpha value is -2.54. The van der Waals surface area contributed by atoms with Crippen molar-refractivity contribution in [2.45, 2.75) is 24.8 Å². The van der Waals surface area contributed by atoms with Crippen LogP contribution in [-0.4, -0.2) is 40.3 Å². The van der Waals surface area contributed by atoms with Crippen LogP contribution in [0.5, 0.6) is 5.75 Å². The van der Waals surface area contributed by atoms with Gasteiger partial charge in [0.2, 0.25) is 0 Å². The van der Waals surface area contributed by atoms with E-state index < -0.39 is 9.84 Å². The Bertz CT molecular complexity index is 819. The highest BCUT2D eigenvalue weighted by Crippen LogP contribution is 2.11. The highest BCUT2D eigenvalue weighted by atomic mass is 32.2. The molecule has 146 valence electrons. The normalized spacial score (nSPS) is 11.9.